The summed E-state index contributed by atoms with van der Waals surface area (Å²) in [4.78, 5) is 50.2. The molecule has 4 aromatic rings. The average molecular weight is 957 g/mol. The van der Waals surface area contributed by atoms with Crippen LogP contribution in [0.1, 0.15) is 84.5 Å². The molecular weight excluding hydrogens is 893 g/mol. The molecule has 372 valence electrons. The van der Waals surface area contributed by atoms with Gasteiger partial charge in [0.25, 0.3) is 0 Å². The molecular formula is C52H64N2O15. The zero-order chi connectivity index (χ0) is 49.4. The number of rotatable bonds is 22. The third kappa shape index (κ3) is 10.0. The Morgan fingerprint density at radius 1 is 0.681 bits per heavy atom. The van der Waals surface area contributed by atoms with Gasteiger partial charge in [-0.3, -0.25) is 9.59 Å². The molecule has 2 aromatic heterocycles. The van der Waals surface area contributed by atoms with Gasteiger partial charge in [0.1, 0.15) is 17.7 Å². The summed E-state index contributed by atoms with van der Waals surface area (Å²) in [5, 5.41) is 19.7. The summed E-state index contributed by atoms with van der Waals surface area (Å²) in [7, 11) is 6.42. The number of nitrogens with zero attached hydrogens (tertiary/aromatic N) is 2. The zero-order valence-electron chi connectivity index (χ0n) is 40.7. The first-order valence-electron chi connectivity index (χ1n) is 23.3. The van der Waals surface area contributed by atoms with Crippen molar-refractivity contribution in [3.05, 3.63) is 91.5 Å². The number of methoxy groups -OCH3 is 4. The number of aromatic nitrogens is 2. The topological polar surface area (TPSA) is 202 Å². The first kappa shape index (κ1) is 49.7. The molecule has 0 radical (unpaired) electrons. The Morgan fingerprint density at radius 3 is 1.67 bits per heavy atom. The number of pyridine rings is 2. The number of aromatic carboxylic acids is 2. The van der Waals surface area contributed by atoms with E-state index in [4.69, 9.17) is 42.6 Å². The van der Waals surface area contributed by atoms with Gasteiger partial charge in [-0.15, -0.1) is 0 Å². The molecule has 0 unspecified atom stereocenters. The first-order chi connectivity index (χ1) is 32.9. The Labute approximate surface area is 401 Å². The molecule has 1 saturated heterocycles. The number of hydrogen-bond acceptors (Lipinski definition) is 13. The summed E-state index contributed by atoms with van der Waals surface area (Å²) in [5.74, 6) is -0.131. The standard InChI is InChI=1S/C52H64N2O15/c1-50(2,24-61-5)46-15-31-13-44(42(63-7)17-34(31)38-19-40(55)36(48(57)58)21-53(38)46)68-23-30-11-33(12-30)67-10-9-65-25-51(3,4)47-16-32-14-45(69-29-52(26-62-6)27-66-28-52)43(64-8)18-35(32)39-20-41(56)37(49(59)60)22-54(39)47/h13-14,17-22,30,33,46-47H,9-12,15-16,23-29H2,1-8H3,(H,57,58)(H,59,60)/t30?,33?,46-,47-/m0/s1. The van der Waals surface area contributed by atoms with Crippen LogP contribution in [0.4, 0.5) is 0 Å². The normalized spacial score (nSPS) is 20.0. The lowest BCUT2D eigenvalue weighted by molar-refractivity contribution is -0.159. The maximum Gasteiger partial charge on any atom is 0.341 e. The van der Waals surface area contributed by atoms with Crippen molar-refractivity contribution < 1.29 is 62.4 Å². The highest BCUT2D eigenvalue weighted by Gasteiger charge is 2.42. The van der Waals surface area contributed by atoms with Gasteiger partial charge in [0.05, 0.1) is 90.0 Å². The van der Waals surface area contributed by atoms with E-state index >= 15 is 0 Å². The molecule has 2 aromatic carbocycles. The molecule has 2 fully saturated rings. The molecule has 4 aliphatic rings. The van der Waals surface area contributed by atoms with Gasteiger partial charge in [0.2, 0.25) is 0 Å². The molecule has 1 saturated carbocycles. The quantitative estimate of drug-likeness (QED) is 0.0800. The minimum atomic E-state index is -1.29. The monoisotopic (exact) mass is 956 g/mol. The second kappa shape index (κ2) is 19.9. The third-order valence-electron chi connectivity index (χ3n) is 14.3. The summed E-state index contributed by atoms with van der Waals surface area (Å²) in [5.41, 5.74) is 1.74. The lowest BCUT2D eigenvalue weighted by atomic mass is 9.77. The summed E-state index contributed by atoms with van der Waals surface area (Å²) < 4.78 is 57.0. The van der Waals surface area contributed by atoms with Crippen LogP contribution in [0.15, 0.2) is 58.4 Å². The number of hydrogen-bond donors (Lipinski definition) is 2. The lowest BCUT2D eigenvalue weighted by Crippen LogP contribution is -2.50. The largest absolute Gasteiger partial charge is 0.493 e. The van der Waals surface area contributed by atoms with Crippen molar-refractivity contribution in [2.24, 2.45) is 22.2 Å². The molecule has 0 amide bonds. The second-order valence-corrected chi connectivity index (χ2v) is 20.4. The molecule has 1 aliphatic carbocycles. The van der Waals surface area contributed by atoms with E-state index < -0.39 is 33.6 Å². The molecule has 17 heteroatoms. The van der Waals surface area contributed by atoms with Gasteiger partial charge in [-0.1, -0.05) is 27.7 Å². The van der Waals surface area contributed by atoms with Crippen LogP contribution in [0.25, 0.3) is 22.5 Å². The van der Waals surface area contributed by atoms with Crippen molar-refractivity contribution >= 4 is 11.9 Å². The molecule has 8 rings (SSSR count). The predicted molar refractivity (Wildman–Crippen MR) is 254 cm³/mol. The summed E-state index contributed by atoms with van der Waals surface area (Å²) in [6.45, 7) is 12.2. The van der Waals surface area contributed by atoms with E-state index in [0.717, 1.165) is 35.1 Å². The number of carbonyl (C=O) groups is 2. The average Bonchev–Trinajstić information content (AvgIpc) is 3.28. The van der Waals surface area contributed by atoms with Gasteiger partial charge in [-0.25, -0.2) is 9.59 Å². The molecule has 0 bridgehead atoms. The Balaban J connectivity index is 0.876. The van der Waals surface area contributed by atoms with Crippen LogP contribution in [0.2, 0.25) is 0 Å². The van der Waals surface area contributed by atoms with Crippen LogP contribution in [0.5, 0.6) is 23.0 Å². The number of carboxylic acids is 2. The number of benzene rings is 2. The van der Waals surface area contributed by atoms with Crippen LogP contribution in [0.3, 0.4) is 0 Å². The molecule has 17 nitrogen and oxygen atoms in total. The Bertz CT molecular complexity index is 2690. The summed E-state index contributed by atoms with van der Waals surface area (Å²) >= 11 is 0. The molecule has 2 N–H and O–H groups in total. The Hall–Kier alpha value is -5.72. The van der Waals surface area contributed by atoms with E-state index in [-0.39, 0.29) is 40.6 Å². The highest BCUT2D eigenvalue weighted by atomic mass is 16.5. The van der Waals surface area contributed by atoms with E-state index in [0.29, 0.717) is 107 Å². The molecule has 0 spiro atoms. The van der Waals surface area contributed by atoms with Gasteiger partial charge >= 0.3 is 11.9 Å². The highest BCUT2D eigenvalue weighted by molar-refractivity contribution is 5.88. The van der Waals surface area contributed by atoms with Crippen LogP contribution in [-0.2, 0) is 36.5 Å². The predicted octanol–water partition coefficient (Wildman–Crippen LogP) is 6.58. The van der Waals surface area contributed by atoms with Gasteiger partial charge in [0, 0.05) is 72.8 Å². The fourth-order valence-electron chi connectivity index (χ4n) is 10.3. The van der Waals surface area contributed by atoms with Crippen LogP contribution >= 0.6 is 0 Å². The van der Waals surface area contributed by atoms with Gasteiger partial charge in [0.15, 0.2) is 33.9 Å². The van der Waals surface area contributed by atoms with Gasteiger partial charge in [-0.05, 0) is 67.0 Å². The fraction of sp³-hybridized carbons (Fsp3) is 0.538. The molecule has 2 atom stereocenters. The van der Waals surface area contributed by atoms with Crippen molar-refractivity contribution in [1.82, 2.24) is 9.13 Å². The highest BCUT2D eigenvalue weighted by Crippen LogP contribution is 2.48. The van der Waals surface area contributed by atoms with E-state index in [1.165, 1.54) is 24.5 Å². The smallest absolute Gasteiger partial charge is 0.341 e. The van der Waals surface area contributed by atoms with Crippen molar-refractivity contribution in [2.45, 2.75) is 71.6 Å². The Kier molecular flexibility index (Phi) is 14.4. The Morgan fingerprint density at radius 2 is 1.20 bits per heavy atom. The van der Waals surface area contributed by atoms with E-state index in [9.17, 15) is 29.4 Å². The lowest BCUT2D eigenvalue weighted by Gasteiger charge is -2.41. The summed E-state index contributed by atoms with van der Waals surface area (Å²) in [6, 6.07) is 9.94. The molecule has 69 heavy (non-hydrogen) atoms. The first-order valence-corrected chi connectivity index (χ1v) is 23.3. The van der Waals surface area contributed by atoms with Crippen molar-refractivity contribution in [3.63, 3.8) is 0 Å². The van der Waals surface area contributed by atoms with E-state index in [1.54, 1.807) is 28.4 Å². The van der Waals surface area contributed by atoms with E-state index in [1.807, 2.05) is 33.4 Å². The van der Waals surface area contributed by atoms with Gasteiger partial charge in [-0.2, -0.15) is 0 Å². The minimum absolute atomic E-state index is 0.0533. The number of carboxylic acid groups (broad SMARTS) is 2. The van der Waals surface area contributed by atoms with Crippen molar-refractivity contribution in [3.8, 4) is 45.5 Å². The van der Waals surface area contributed by atoms with Crippen LogP contribution < -0.4 is 29.8 Å². The SMILES string of the molecule is COCC1(COc2cc3c(cc2OC)-c2cc(=O)c(C(=O)O)cn2[C@H](C(C)(C)COCCOC2CC(COc4cc5c(cc4OC)-c4cc(=O)c(C(=O)O)cn4[C@H](C(C)(C)COC)C5)C2)C3)COC1. The van der Waals surface area contributed by atoms with Crippen molar-refractivity contribution in [1.29, 1.82) is 0 Å². The maximum absolute atomic E-state index is 13.1. The fourth-order valence-corrected chi connectivity index (χ4v) is 10.3. The maximum atomic E-state index is 13.1. The zero-order valence-corrected chi connectivity index (χ0v) is 40.7. The molecule has 3 aliphatic heterocycles. The molecule has 5 heterocycles. The van der Waals surface area contributed by atoms with Crippen molar-refractivity contribution in [2.75, 3.05) is 87.9 Å². The van der Waals surface area contributed by atoms with Gasteiger partial charge < -0.3 is 62.0 Å². The third-order valence-corrected chi connectivity index (χ3v) is 14.3. The minimum Gasteiger partial charge on any atom is -0.493 e. The van der Waals surface area contributed by atoms with E-state index in [2.05, 4.69) is 27.7 Å². The second-order valence-electron chi connectivity index (χ2n) is 20.4. The number of ether oxygens (including phenoxy) is 9. The summed E-state index contributed by atoms with van der Waals surface area (Å²) in [6.07, 6.45) is 5.65. The van der Waals surface area contributed by atoms with Crippen LogP contribution in [0, 0.1) is 22.2 Å². The number of fused-ring (bicyclic) bond motifs is 6. The van der Waals surface area contributed by atoms with Crippen LogP contribution in [-0.4, -0.2) is 125 Å².